The molecule has 2 rings (SSSR count). The number of rotatable bonds is 2. The van der Waals surface area contributed by atoms with Gasteiger partial charge in [-0.3, -0.25) is 4.79 Å². The average molecular weight is 340 g/mol. The van der Waals surface area contributed by atoms with Crippen LogP contribution in [-0.4, -0.2) is 23.0 Å². The first kappa shape index (κ1) is 14.3. The number of fused-ring (bicyclic) bond motifs is 1. The minimum atomic E-state index is -4.51. The number of carbonyl (C=O) groups excluding carboxylic acids is 1. The third-order valence-electron chi connectivity index (χ3n) is 3.09. The SMILES string of the molecule is CC[C@H](N1Cc2cc(Br)cc(F)c2C1=O)C(F)(F)F. The number of amides is 1. The Labute approximate surface area is 115 Å². The Kier molecular flexibility index (Phi) is 3.59. The Bertz CT molecular complexity index is 529. The van der Waals surface area contributed by atoms with Gasteiger partial charge in [0.05, 0.1) is 5.56 Å². The number of nitrogens with zero attached hydrogens (tertiary/aromatic N) is 1. The molecule has 1 aliphatic rings. The molecule has 0 aliphatic carbocycles. The Morgan fingerprint density at radius 1 is 1.42 bits per heavy atom. The van der Waals surface area contributed by atoms with Crippen LogP contribution in [0.15, 0.2) is 16.6 Å². The van der Waals surface area contributed by atoms with Crippen LogP contribution in [0.1, 0.15) is 29.3 Å². The molecule has 0 saturated carbocycles. The second kappa shape index (κ2) is 4.77. The van der Waals surface area contributed by atoms with Crippen LogP contribution in [0.5, 0.6) is 0 Å². The molecule has 19 heavy (non-hydrogen) atoms. The van der Waals surface area contributed by atoms with Crippen molar-refractivity contribution in [1.29, 1.82) is 0 Å². The maximum atomic E-state index is 13.7. The van der Waals surface area contributed by atoms with Crippen molar-refractivity contribution in [2.24, 2.45) is 0 Å². The molecule has 0 unspecified atom stereocenters. The van der Waals surface area contributed by atoms with Gasteiger partial charge in [0.2, 0.25) is 0 Å². The highest BCUT2D eigenvalue weighted by Crippen LogP contribution is 2.35. The molecule has 2 nitrogen and oxygen atoms in total. The molecule has 0 aromatic heterocycles. The van der Waals surface area contributed by atoms with Crippen molar-refractivity contribution in [2.75, 3.05) is 0 Å². The summed E-state index contributed by atoms with van der Waals surface area (Å²) in [5.41, 5.74) is 0.0190. The van der Waals surface area contributed by atoms with E-state index in [-0.39, 0.29) is 24.1 Å². The van der Waals surface area contributed by atoms with Gasteiger partial charge in [0.25, 0.3) is 5.91 Å². The van der Waals surface area contributed by atoms with E-state index in [1.165, 1.54) is 13.0 Å². The summed E-state index contributed by atoms with van der Waals surface area (Å²) in [4.78, 5) is 12.6. The molecular formula is C12H10BrF4NO. The molecule has 0 saturated heterocycles. The van der Waals surface area contributed by atoms with E-state index >= 15 is 0 Å². The molecule has 7 heteroatoms. The molecule has 104 valence electrons. The summed E-state index contributed by atoms with van der Waals surface area (Å²) in [6.45, 7) is 1.13. The average Bonchev–Trinajstić information content (AvgIpc) is 2.54. The number of carbonyl (C=O) groups is 1. The summed E-state index contributed by atoms with van der Waals surface area (Å²) in [6, 6.07) is 0.666. The first-order valence-electron chi connectivity index (χ1n) is 5.61. The monoisotopic (exact) mass is 339 g/mol. The summed E-state index contributed by atoms with van der Waals surface area (Å²) < 4.78 is 52.6. The Hall–Kier alpha value is -1.11. The summed E-state index contributed by atoms with van der Waals surface area (Å²) in [6.07, 6.45) is -4.77. The van der Waals surface area contributed by atoms with Crippen molar-refractivity contribution in [3.8, 4) is 0 Å². The van der Waals surface area contributed by atoms with Crippen molar-refractivity contribution < 1.29 is 22.4 Å². The lowest BCUT2D eigenvalue weighted by molar-refractivity contribution is -0.177. The molecule has 1 atom stereocenters. The molecule has 1 amide bonds. The molecule has 1 aromatic rings. The van der Waals surface area contributed by atoms with Gasteiger partial charge in [-0.05, 0) is 24.1 Å². The van der Waals surface area contributed by atoms with E-state index in [1.54, 1.807) is 0 Å². The van der Waals surface area contributed by atoms with Gasteiger partial charge in [-0.15, -0.1) is 0 Å². The van der Waals surface area contributed by atoms with Crippen LogP contribution in [-0.2, 0) is 6.54 Å². The fraction of sp³-hybridized carbons (Fsp3) is 0.417. The second-order valence-corrected chi connectivity index (χ2v) is 5.24. The topological polar surface area (TPSA) is 20.3 Å². The Morgan fingerprint density at radius 3 is 2.58 bits per heavy atom. The van der Waals surface area contributed by atoms with E-state index in [4.69, 9.17) is 0 Å². The highest BCUT2D eigenvalue weighted by atomic mass is 79.9. The zero-order valence-electron chi connectivity index (χ0n) is 9.89. The molecule has 1 aliphatic heterocycles. The number of halogens is 5. The molecule has 1 heterocycles. The van der Waals surface area contributed by atoms with Crippen LogP contribution < -0.4 is 0 Å². The predicted molar refractivity (Wildman–Crippen MR) is 64.1 cm³/mol. The van der Waals surface area contributed by atoms with Gasteiger partial charge in [0, 0.05) is 11.0 Å². The van der Waals surface area contributed by atoms with Crippen LogP contribution in [0.4, 0.5) is 17.6 Å². The van der Waals surface area contributed by atoms with Crippen molar-refractivity contribution in [3.05, 3.63) is 33.5 Å². The lowest BCUT2D eigenvalue weighted by atomic mass is 10.1. The molecule has 0 bridgehead atoms. The summed E-state index contributed by atoms with van der Waals surface area (Å²) in [5, 5.41) is 0. The van der Waals surface area contributed by atoms with E-state index in [1.807, 2.05) is 0 Å². The Morgan fingerprint density at radius 2 is 2.05 bits per heavy atom. The van der Waals surface area contributed by atoms with E-state index in [9.17, 15) is 22.4 Å². The van der Waals surface area contributed by atoms with Gasteiger partial charge in [-0.1, -0.05) is 22.9 Å². The van der Waals surface area contributed by atoms with E-state index in [2.05, 4.69) is 15.9 Å². The number of benzene rings is 1. The van der Waals surface area contributed by atoms with Crippen LogP contribution in [0, 0.1) is 5.82 Å². The summed E-state index contributed by atoms with van der Waals surface area (Å²) in [7, 11) is 0. The lowest BCUT2D eigenvalue weighted by Gasteiger charge is -2.28. The fourth-order valence-corrected chi connectivity index (χ4v) is 2.75. The third-order valence-corrected chi connectivity index (χ3v) is 3.55. The van der Waals surface area contributed by atoms with Crippen LogP contribution in [0.3, 0.4) is 0 Å². The van der Waals surface area contributed by atoms with E-state index in [0.29, 0.717) is 9.37 Å². The predicted octanol–water partition coefficient (Wildman–Crippen LogP) is 3.88. The first-order valence-corrected chi connectivity index (χ1v) is 6.40. The highest BCUT2D eigenvalue weighted by molar-refractivity contribution is 9.10. The largest absolute Gasteiger partial charge is 0.408 e. The van der Waals surface area contributed by atoms with E-state index in [0.717, 1.165) is 6.07 Å². The molecule has 0 N–H and O–H groups in total. The molecule has 0 fully saturated rings. The molecule has 0 radical (unpaired) electrons. The Balaban J connectivity index is 2.41. The van der Waals surface area contributed by atoms with Gasteiger partial charge >= 0.3 is 6.18 Å². The van der Waals surface area contributed by atoms with Crippen molar-refractivity contribution in [3.63, 3.8) is 0 Å². The maximum Gasteiger partial charge on any atom is 0.408 e. The molecule has 1 aromatic carbocycles. The minimum Gasteiger partial charge on any atom is -0.322 e. The van der Waals surface area contributed by atoms with Crippen molar-refractivity contribution in [2.45, 2.75) is 32.1 Å². The summed E-state index contributed by atoms with van der Waals surface area (Å²) >= 11 is 3.06. The van der Waals surface area contributed by atoms with Gasteiger partial charge < -0.3 is 4.90 Å². The quantitative estimate of drug-likeness (QED) is 0.748. The number of alkyl halides is 3. The van der Waals surface area contributed by atoms with Gasteiger partial charge in [-0.25, -0.2) is 4.39 Å². The first-order chi connectivity index (χ1) is 8.75. The van der Waals surface area contributed by atoms with Gasteiger partial charge in [0.15, 0.2) is 0 Å². The van der Waals surface area contributed by atoms with Crippen LogP contribution in [0.2, 0.25) is 0 Å². The van der Waals surface area contributed by atoms with Crippen molar-refractivity contribution >= 4 is 21.8 Å². The maximum absolute atomic E-state index is 13.7. The second-order valence-electron chi connectivity index (χ2n) is 4.32. The molecular weight excluding hydrogens is 330 g/mol. The fourth-order valence-electron chi connectivity index (χ4n) is 2.27. The smallest absolute Gasteiger partial charge is 0.322 e. The normalized spacial score (nSPS) is 16.7. The lowest BCUT2D eigenvalue weighted by Crippen LogP contribution is -2.45. The zero-order chi connectivity index (χ0) is 14.4. The third kappa shape index (κ3) is 2.48. The van der Waals surface area contributed by atoms with Gasteiger partial charge in [0.1, 0.15) is 11.9 Å². The highest BCUT2D eigenvalue weighted by Gasteiger charge is 2.47. The van der Waals surface area contributed by atoms with Crippen LogP contribution in [0.25, 0.3) is 0 Å². The minimum absolute atomic E-state index is 0.220. The molecule has 0 spiro atoms. The standard InChI is InChI=1S/C12H10BrF4NO/c1-2-9(12(15,16)17)18-5-6-3-7(13)4-8(14)10(6)11(18)19/h3-4,9H,2,5H2,1H3/t9-/m0/s1. The van der Waals surface area contributed by atoms with Crippen LogP contribution >= 0.6 is 15.9 Å². The van der Waals surface area contributed by atoms with E-state index < -0.39 is 23.9 Å². The van der Waals surface area contributed by atoms with Crippen molar-refractivity contribution in [1.82, 2.24) is 4.90 Å². The summed E-state index contributed by atoms with van der Waals surface area (Å²) in [5.74, 6) is -1.70. The zero-order valence-corrected chi connectivity index (χ0v) is 11.5. The number of hydrogen-bond acceptors (Lipinski definition) is 1. The number of hydrogen-bond donors (Lipinski definition) is 0. The van der Waals surface area contributed by atoms with Gasteiger partial charge in [-0.2, -0.15) is 13.2 Å².